The summed E-state index contributed by atoms with van der Waals surface area (Å²) in [5, 5.41) is 1.51. The van der Waals surface area contributed by atoms with Gasteiger partial charge in [-0.15, -0.1) is 0 Å². The van der Waals surface area contributed by atoms with Gasteiger partial charge in [0, 0.05) is 24.3 Å². The van der Waals surface area contributed by atoms with Crippen LogP contribution in [0.4, 0.5) is 0 Å². The summed E-state index contributed by atoms with van der Waals surface area (Å²) in [7, 11) is -1.05. The highest BCUT2D eigenvalue weighted by atomic mass is 31.2. The molecular weight excluding hydrogens is 323 g/mol. The third-order valence-corrected chi connectivity index (χ3v) is 8.60. The van der Waals surface area contributed by atoms with Crippen molar-refractivity contribution in [3.05, 3.63) is 42.4 Å². The highest BCUT2D eigenvalue weighted by molar-refractivity contribution is 7.80. The second-order valence-electron chi connectivity index (χ2n) is 8.50. The zero-order chi connectivity index (χ0) is 18.5. The van der Waals surface area contributed by atoms with Crippen molar-refractivity contribution in [3.8, 4) is 11.3 Å². The van der Waals surface area contributed by atoms with Crippen LogP contribution in [0.1, 0.15) is 52.5 Å². The van der Waals surface area contributed by atoms with Crippen molar-refractivity contribution < 1.29 is 4.57 Å². The molecule has 1 atom stereocenters. The topological polar surface area (TPSA) is 16.8 Å². The molecule has 1 aliphatic heterocycles. The lowest BCUT2D eigenvalue weighted by Gasteiger charge is -2.50. The van der Waals surface area contributed by atoms with Crippen LogP contribution < -0.4 is 9.87 Å². The van der Waals surface area contributed by atoms with Crippen molar-refractivity contribution in [3.63, 3.8) is 0 Å². The number of nitrogens with zero attached hydrogens (tertiary/aromatic N) is 2. The molecule has 134 valence electrons. The van der Waals surface area contributed by atoms with E-state index in [-0.39, 0.29) is 11.0 Å². The third-order valence-electron chi connectivity index (χ3n) is 6.77. The van der Waals surface area contributed by atoms with E-state index >= 15 is 0 Å². The Morgan fingerprint density at radius 3 is 2.24 bits per heavy atom. The van der Waals surface area contributed by atoms with Crippen LogP contribution >= 0.6 is 7.26 Å². The standard InChI is InChI=1S/C22H33N2P/c1-8-21(4)19-12-11-17(25(5,6)7)15-18(19)20-13-14-23-16-24(20)22(21,9-2)10-3/h11-16H,8-10H2,1-7H3/q+2. The van der Waals surface area contributed by atoms with Gasteiger partial charge in [0.25, 0.3) is 6.33 Å². The monoisotopic (exact) mass is 356 g/mol. The molecule has 2 aromatic rings. The lowest BCUT2D eigenvalue weighted by Crippen LogP contribution is -2.69. The molecule has 0 saturated heterocycles. The molecule has 3 rings (SSSR count). The van der Waals surface area contributed by atoms with Crippen LogP contribution in [0.2, 0.25) is 0 Å². The van der Waals surface area contributed by atoms with Gasteiger partial charge >= 0.3 is 0 Å². The Morgan fingerprint density at radius 2 is 1.68 bits per heavy atom. The molecule has 25 heavy (non-hydrogen) atoms. The largest absolute Gasteiger partial charge is 0.287 e. The number of aromatic nitrogens is 2. The summed E-state index contributed by atoms with van der Waals surface area (Å²) in [6.07, 6.45) is 7.37. The predicted molar refractivity (Wildman–Crippen MR) is 110 cm³/mol. The Kier molecular flexibility index (Phi) is 4.57. The first-order valence-electron chi connectivity index (χ1n) is 9.58. The number of fused-ring (bicyclic) bond motifs is 3. The molecule has 0 aliphatic carbocycles. The van der Waals surface area contributed by atoms with Gasteiger partial charge in [-0.05, 0) is 37.0 Å². The Bertz CT molecular complexity index is 787. The van der Waals surface area contributed by atoms with Crippen molar-refractivity contribution in [2.75, 3.05) is 20.0 Å². The molecule has 0 amide bonds. The lowest BCUT2D eigenvalue weighted by atomic mass is 9.59. The number of hydrogen-bond acceptors (Lipinski definition) is 1. The van der Waals surface area contributed by atoms with Crippen LogP contribution in [0.15, 0.2) is 36.8 Å². The lowest BCUT2D eigenvalue weighted by molar-refractivity contribution is -0.772. The zero-order valence-corrected chi connectivity index (χ0v) is 17.8. The molecule has 0 radical (unpaired) electrons. The summed E-state index contributed by atoms with van der Waals surface area (Å²) < 4.78 is 2.49. The zero-order valence-electron chi connectivity index (χ0n) is 16.9. The van der Waals surface area contributed by atoms with Crippen molar-refractivity contribution in [2.45, 2.75) is 57.9 Å². The van der Waals surface area contributed by atoms with Crippen LogP contribution in [-0.2, 0) is 11.0 Å². The first-order chi connectivity index (χ1) is 11.7. The molecule has 1 unspecified atom stereocenters. The van der Waals surface area contributed by atoms with Crippen LogP contribution in [0.5, 0.6) is 0 Å². The Morgan fingerprint density at radius 1 is 1.00 bits per heavy atom. The third kappa shape index (κ3) is 2.48. The van der Waals surface area contributed by atoms with E-state index in [1.807, 2.05) is 6.20 Å². The van der Waals surface area contributed by atoms with Gasteiger partial charge in [0.2, 0.25) is 0 Å². The van der Waals surface area contributed by atoms with Crippen LogP contribution in [0, 0.1) is 0 Å². The van der Waals surface area contributed by atoms with E-state index in [9.17, 15) is 0 Å². The van der Waals surface area contributed by atoms with Crippen molar-refractivity contribution >= 4 is 12.6 Å². The fraction of sp³-hybridized carbons (Fsp3) is 0.545. The molecule has 1 aliphatic rings. The van der Waals surface area contributed by atoms with Gasteiger partial charge in [0.1, 0.15) is 17.4 Å². The molecular formula is C22H33N2P+2. The predicted octanol–water partition coefficient (Wildman–Crippen LogP) is 4.77. The van der Waals surface area contributed by atoms with E-state index in [1.54, 1.807) is 0 Å². The highest BCUT2D eigenvalue weighted by Crippen LogP contribution is 2.52. The minimum absolute atomic E-state index is 0.0801. The average molecular weight is 356 g/mol. The van der Waals surface area contributed by atoms with E-state index in [4.69, 9.17) is 0 Å². The number of rotatable bonds is 4. The molecule has 0 spiro atoms. The van der Waals surface area contributed by atoms with E-state index in [1.165, 1.54) is 22.1 Å². The van der Waals surface area contributed by atoms with Crippen molar-refractivity contribution in [1.82, 2.24) is 4.98 Å². The van der Waals surface area contributed by atoms with Crippen molar-refractivity contribution in [1.29, 1.82) is 0 Å². The van der Waals surface area contributed by atoms with Crippen LogP contribution in [-0.4, -0.2) is 25.0 Å². The van der Waals surface area contributed by atoms with Crippen LogP contribution in [0.25, 0.3) is 11.3 Å². The summed E-state index contributed by atoms with van der Waals surface area (Å²) in [5.41, 5.74) is 4.45. The normalized spacial score (nSPS) is 21.6. The van der Waals surface area contributed by atoms with E-state index in [2.05, 4.69) is 87.8 Å². The summed E-state index contributed by atoms with van der Waals surface area (Å²) >= 11 is 0. The van der Waals surface area contributed by atoms with Crippen LogP contribution in [0.3, 0.4) is 0 Å². The molecule has 0 N–H and O–H groups in total. The first kappa shape index (κ1) is 18.5. The Labute approximate surface area is 154 Å². The van der Waals surface area contributed by atoms with Gasteiger partial charge in [0.15, 0.2) is 0 Å². The molecule has 0 bridgehead atoms. The van der Waals surface area contributed by atoms with Gasteiger partial charge in [-0.3, -0.25) is 0 Å². The first-order valence-corrected chi connectivity index (χ1v) is 12.7. The summed E-state index contributed by atoms with van der Waals surface area (Å²) in [4.78, 5) is 4.50. The fourth-order valence-corrected chi connectivity index (χ4v) is 6.01. The quantitative estimate of drug-likeness (QED) is 0.570. The molecule has 2 heterocycles. The molecule has 0 saturated carbocycles. The minimum Gasteiger partial charge on any atom is -0.224 e. The second kappa shape index (κ2) is 6.16. The highest BCUT2D eigenvalue weighted by Gasteiger charge is 2.55. The van der Waals surface area contributed by atoms with Gasteiger partial charge in [-0.1, -0.05) is 38.7 Å². The number of benzene rings is 1. The fourth-order valence-electron chi connectivity index (χ4n) is 4.97. The summed E-state index contributed by atoms with van der Waals surface area (Å²) in [6.45, 7) is 16.7. The maximum absolute atomic E-state index is 4.50. The number of hydrogen-bond donors (Lipinski definition) is 0. The van der Waals surface area contributed by atoms with E-state index in [0.717, 1.165) is 19.3 Å². The van der Waals surface area contributed by atoms with Gasteiger partial charge < -0.3 is 0 Å². The van der Waals surface area contributed by atoms with Gasteiger partial charge in [-0.25, -0.2) is 4.57 Å². The maximum Gasteiger partial charge on any atom is 0.287 e. The molecule has 1 aromatic heterocycles. The summed E-state index contributed by atoms with van der Waals surface area (Å²) in [6, 6.07) is 9.51. The van der Waals surface area contributed by atoms with Gasteiger partial charge in [-0.2, -0.15) is 0 Å². The molecule has 0 fully saturated rings. The SMILES string of the molecule is CCC1(C)c2ccc([P+](C)(C)C)cc2-c2ccnc[n+]2C1(CC)CC. The van der Waals surface area contributed by atoms with Gasteiger partial charge in [0.05, 0.1) is 25.3 Å². The Balaban J connectivity index is 2.41. The summed E-state index contributed by atoms with van der Waals surface area (Å²) in [5.74, 6) is 0. The smallest absolute Gasteiger partial charge is 0.224 e. The Hall–Kier alpha value is -1.27. The maximum atomic E-state index is 4.50. The second-order valence-corrected chi connectivity index (χ2v) is 13.0. The van der Waals surface area contributed by atoms with E-state index < -0.39 is 7.26 Å². The molecule has 3 heteroatoms. The average Bonchev–Trinajstić information content (AvgIpc) is 2.61. The minimum atomic E-state index is -1.05. The molecule has 1 aromatic carbocycles. The van der Waals surface area contributed by atoms with Crippen molar-refractivity contribution in [2.24, 2.45) is 0 Å². The van der Waals surface area contributed by atoms with E-state index in [0.29, 0.717) is 0 Å². The molecule has 2 nitrogen and oxygen atoms in total.